The lowest BCUT2D eigenvalue weighted by Crippen LogP contribution is -2.31. The number of anilines is 2. The molecule has 0 bridgehead atoms. The molecule has 7 nitrogen and oxygen atoms in total. The quantitative estimate of drug-likeness (QED) is 0.525. The molecule has 1 fully saturated rings. The SMILES string of the molecule is C=CCOc1ccccc1NCC(=O)Nc1cccc(C(=O)NCC2CCCO2)c1. The highest BCUT2D eigenvalue weighted by Crippen LogP contribution is 2.23. The number of ether oxygens (including phenoxy) is 2. The van der Waals surface area contributed by atoms with E-state index in [1.165, 1.54) is 0 Å². The first-order valence-electron chi connectivity index (χ1n) is 10.0. The molecule has 1 saturated heterocycles. The molecule has 0 aromatic heterocycles. The van der Waals surface area contributed by atoms with Crippen LogP contribution in [0.5, 0.6) is 5.75 Å². The van der Waals surface area contributed by atoms with E-state index < -0.39 is 0 Å². The molecule has 2 aromatic rings. The maximum Gasteiger partial charge on any atom is 0.251 e. The molecule has 0 spiro atoms. The lowest BCUT2D eigenvalue weighted by molar-refractivity contribution is -0.114. The molecule has 158 valence electrons. The van der Waals surface area contributed by atoms with Crippen LogP contribution in [0.2, 0.25) is 0 Å². The van der Waals surface area contributed by atoms with E-state index in [0.29, 0.717) is 30.2 Å². The monoisotopic (exact) mass is 409 g/mol. The Morgan fingerprint density at radius 2 is 2.07 bits per heavy atom. The molecule has 2 amide bonds. The summed E-state index contributed by atoms with van der Waals surface area (Å²) in [6.07, 6.45) is 3.74. The largest absolute Gasteiger partial charge is 0.487 e. The van der Waals surface area contributed by atoms with Crippen LogP contribution in [0.15, 0.2) is 61.2 Å². The molecule has 1 aliphatic heterocycles. The number of rotatable bonds is 10. The van der Waals surface area contributed by atoms with Gasteiger partial charge in [-0.2, -0.15) is 0 Å². The number of amides is 2. The molecule has 1 heterocycles. The zero-order chi connectivity index (χ0) is 21.2. The Kier molecular flexibility index (Phi) is 7.86. The third-order valence-corrected chi connectivity index (χ3v) is 4.61. The van der Waals surface area contributed by atoms with Crippen LogP contribution in [0.4, 0.5) is 11.4 Å². The summed E-state index contributed by atoms with van der Waals surface area (Å²) in [7, 11) is 0. The Morgan fingerprint density at radius 3 is 2.87 bits per heavy atom. The standard InChI is InChI=1S/C23H27N3O4/c1-2-12-30-21-11-4-3-10-20(21)24-16-22(27)26-18-8-5-7-17(14-18)23(28)25-15-19-9-6-13-29-19/h2-5,7-8,10-11,14,19,24H,1,6,9,12-13,15-16H2,(H,25,28)(H,26,27). The maximum absolute atomic E-state index is 12.4. The fourth-order valence-corrected chi connectivity index (χ4v) is 3.12. The van der Waals surface area contributed by atoms with Gasteiger partial charge in [-0.3, -0.25) is 9.59 Å². The second-order valence-corrected chi connectivity index (χ2v) is 6.92. The number of para-hydroxylation sites is 2. The predicted octanol–water partition coefficient (Wildman–Crippen LogP) is 3.21. The van der Waals surface area contributed by atoms with Gasteiger partial charge in [-0.25, -0.2) is 0 Å². The van der Waals surface area contributed by atoms with Gasteiger partial charge in [-0.1, -0.05) is 30.9 Å². The van der Waals surface area contributed by atoms with Crippen LogP contribution in [-0.4, -0.2) is 44.2 Å². The second-order valence-electron chi connectivity index (χ2n) is 6.92. The Hall–Kier alpha value is -3.32. The van der Waals surface area contributed by atoms with Gasteiger partial charge in [-0.05, 0) is 43.2 Å². The zero-order valence-electron chi connectivity index (χ0n) is 16.9. The fraction of sp³-hybridized carbons (Fsp3) is 0.304. The van der Waals surface area contributed by atoms with E-state index in [2.05, 4.69) is 22.5 Å². The Labute approximate surface area is 176 Å². The Morgan fingerprint density at radius 1 is 1.20 bits per heavy atom. The third-order valence-electron chi connectivity index (χ3n) is 4.61. The summed E-state index contributed by atoms with van der Waals surface area (Å²) in [5.41, 5.74) is 1.77. The molecular weight excluding hydrogens is 382 g/mol. The third kappa shape index (κ3) is 6.35. The zero-order valence-corrected chi connectivity index (χ0v) is 16.9. The average molecular weight is 409 g/mol. The van der Waals surface area contributed by atoms with E-state index >= 15 is 0 Å². The van der Waals surface area contributed by atoms with Crippen molar-refractivity contribution in [1.29, 1.82) is 0 Å². The number of nitrogens with one attached hydrogen (secondary N) is 3. The highest BCUT2D eigenvalue weighted by Gasteiger charge is 2.17. The smallest absolute Gasteiger partial charge is 0.251 e. The van der Waals surface area contributed by atoms with E-state index in [0.717, 1.165) is 25.1 Å². The number of hydrogen-bond donors (Lipinski definition) is 3. The van der Waals surface area contributed by atoms with Crippen LogP contribution in [0.1, 0.15) is 23.2 Å². The first kappa shape index (κ1) is 21.4. The number of hydrogen-bond acceptors (Lipinski definition) is 5. The van der Waals surface area contributed by atoms with Crippen molar-refractivity contribution >= 4 is 23.2 Å². The van der Waals surface area contributed by atoms with Crippen molar-refractivity contribution in [3.63, 3.8) is 0 Å². The van der Waals surface area contributed by atoms with Crippen molar-refractivity contribution in [3.8, 4) is 5.75 Å². The van der Waals surface area contributed by atoms with Gasteiger partial charge in [0, 0.05) is 24.4 Å². The average Bonchev–Trinajstić information content (AvgIpc) is 3.29. The van der Waals surface area contributed by atoms with Gasteiger partial charge < -0.3 is 25.4 Å². The lowest BCUT2D eigenvalue weighted by Gasteiger charge is -2.13. The summed E-state index contributed by atoms with van der Waals surface area (Å²) in [4.78, 5) is 24.7. The number of carbonyl (C=O) groups is 2. The normalized spacial score (nSPS) is 15.3. The molecule has 0 radical (unpaired) electrons. The summed E-state index contributed by atoms with van der Waals surface area (Å²) in [6.45, 7) is 5.32. The van der Waals surface area contributed by atoms with Crippen LogP contribution >= 0.6 is 0 Å². The summed E-state index contributed by atoms with van der Waals surface area (Å²) in [6, 6.07) is 14.2. The van der Waals surface area contributed by atoms with Gasteiger partial charge in [0.2, 0.25) is 5.91 Å². The van der Waals surface area contributed by atoms with Crippen molar-refractivity contribution in [2.75, 3.05) is 36.9 Å². The number of carbonyl (C=O) groups excluding carboxylic acids is 2. The first-order chi connectivity index (χ1) is 14.7. The lowest BCUT2D eigenvalue weighted by atomic mass is 10.1. The predicted molar refractivity (Wildman–Crippen MR) is 117 cm³/mol. The molecule has 1 aliphatic rings. The first-order valence-corrected chi connectivity index (χ1v) is 10.0. The van der Waals surface area contributed by atoms with Crippen molar-refractivity contribution < 1.29 is 19.1 Å². The minimum absolute atomic E-state index is 0.0594. The summed E-state index contributed by atoms with van der Waals surface area (Å²) < 4.78 is 11.1. The summed E-state index contributed by atoms with van der Waals surface area (Å²) in [5, 5.41) is 8.75. The molecular formula is C23H27N3O4. The molecule has 1 unspecified atom stereocenters. The minimum atomic E-state index is -0.231. The molecule has 1 atom stereocenters. The molecule has 7 heteroatoms. The molecule has 3 N–H and O–H groups in total. The van der Waals surface area contributed by atoms with Gasteiger partial charge in [0.1, 0.15) is 12.4 Å². The van der Waals surface area contributed by atoms with Crippen LogP contribution in [-0.2, 0) is 9.53 Å². The molecule has 30 heavy (non-hydrogen) atoms. The van der Waals surface area contributed by atoms with Crippen LogP contribution in [0.3, 0.4) is 0 Å². The molecule has 2 aromatic carbocycles. The minimum Gasteiger partial charge on any atom is -0.487 e. The van der Waals surface area contributed by atoms with Gasteiger partial charge in [0.25, 0.3) is 5.91 Å². The molecule has 0 saturated carbocycles. The van der Waals surface area contributed by atoms with Crippen LogP contribution in [0.25, 0.3) is 0 Å². The van der Waals surface area contributed by atoms with Gasteiger partial charge in [0.15, 0.2) is 0 Å². The van der Waals surface area contributed by atoms with E-state index in [4.69, 9.17) is 9.47 Å². The summed E-state index contributed by atoms with van der Waals surface area (Å²) >= 11 is 0. The van der Waals surface area contributed by atoms with E-state index in [1.54, 1.807) is 30.3 Å². The molecule has 3 rings (SSSR count). The van der Waals surface area contributed by atoms with E-state index in [-0.39, 0.29) is 24.5 Å². The number of benzene rings is 2. The maximum atomic E-state index is 12.4. The topological polar surface area (TPSA) is 88.7 Å². The van der Waals surface area contributed by atoms with Crippen molar-refractivity contribution in [2.45, 2.75) is 18.9 Å². The van der Waals surface area contributed by atoms with Gasteiger partial charge >= 0.3 is 0 Å². The van der Waals surface area contributed by atoms with Crippen molar-refractivity contribution in [1.82, 2.24) is 5.32 Å². The summed E-state index contributed by atoms with van der Waals surface area (Å²) in [5.74, 6) is 0.230. The Bertz CT molecular complexity index is 878. The van der Waals surface area contributed by atoms with Crippen molar-refractivity contribution in [3.05, 3.63) is 66.7 Å². The van der Waals surface area contributed by atoms with Crippen LogP contribution in [0, 0.1) is 0 Å². The molecule has 0 aliphatic carbocycles. The van der Waals surface area contributed by atoms with Crippen LogP contribution < -0.4 is 20.7 Å². The highest BCUT2D eigenvalue weighted by atomic mass is 16.5. The fourth-order valence-electron chi connectivity index (χ4n) is 3.12. The van der Waals surface area contributed by atoms with E-state index in [1.807, 2.05) is 24.3 Å². The second kappa shape index (κ2) is 11.0. The van der Waals surface area contributed by atoms with Gasteiger partial charge in [0.05, 0.1) is 18.3 Å². The highest BCUT2D eigenvalue weighted by molar-refractivity contribution is 5.98. The van der Waals surface area contributed by atoms with E-state index in [9.17, 15) is 9.59 Å². The van der Waals surface area contributed by atoms with Gasteiger partial charge in [-0.15, -0.1) is 0 Å². The van der Waals surface area contributed by atoms with Crippen molar-refractivity contribution in [2.24, 2.45) is 0 Å². The Balaban J connectivity index is 1.51.